The molecule has 0 radical (unpaired) electrons. The monoisotopic (exact) mass is 373 g/mol. The maximum absolute atomic E-state index is 13.5. The Bertz CT molecular complexity index is 932. The van der Waals surface area contributed by atoms with Crippen molar-refractivity contribution in [3.05, 3.63) is 78.1 Å². The summed E-state index contributed by atoms with van der Waals surface area (Å²) in [4.78, 5) is 20.1. The Morgan fingerprint density at radius 3 is 2.64 bits per heavy atom. The number of hydrogen-bond acceptors (Lipinski definition) is 2. The Morgan fingerprint density at radius 1 is 1.07 bits per heavy atom. The van der Waals surface area contributed by atoms with Gasteiger partial charge in [0.15, 0.2) is 0 Å². The molecule has 0 N–H and O–H groups in total. The van der Waals surface area contributed by atoms with Crippen LogP contribution in [0.3, 0.4) is 0 Å². The first-order valence-corrected chi connectivity index (χ1v) is 10.2. The molecule has 2 heterocycles. The van der Waals surface area contributed by atoms with Crippen molar-refractivity contribution in [2.75, 3.05) is 6.54 Å². The van der Waals surface area contributed by atoms with Gasteiger partial charge in [-0.1, -0.05) is 48.5 Å². The normalized spacial score (nSPS) is 16.9. The van der Waals surface area contributed by atoms with Crippen molar-refractivity contribution in [3.8, 4) is 11.4 Å². The Balaban J connectivity index is 1.57. The van der Waals surface area contributed by atoms with E-state index in [4.69, 9.17) is 0 Å². The minimum absolute atomic E-state index is 0.136. The number of piperidine rings is 1. The van der Waals surface area contributed by atoms with E-state index in [1.165, 1.54) is 12.0 Å². The van der Waals surface area contributed by atoms with Gasteiger partial charge in [0.1, 0.15) is 5.82 Å². The highest BCUT2D eigenvalue weighted by atomic mass is 16.2. The third-order valence-electron chi connectivity index (χ3n) is 5.72. The van der Waals surface area contributed by atoms with E-state index in [9.17, 15) is 4.79 Å². The molecule has 0 spiro atoms. The number of benzene rings is 2. The van der Waals surface area contributed by atoms with Gasteiger partial charge in [-0.2, -0.15) is 0 Å². The summed E-state index contributed by atoms with van der Waals surface area (Å²) in [5.74, 6) is 0.971. The van der Waals surface area contributed by atoms with Crippen LogP contribution in [0.1, 0.15) is 41.6 Å². The number of carbonyl (C=O) groups excluding carboxylic acids is 1. The van der Waals surface area contributed by atoms with Crippen molar-refractivity contribution in [1.29, 1.82) is 0 Å². The number of amides is 1. The first-order chi connectivity index (χ1) is 13.7. The minimum atomic E-state index is 0.136. The lowest BCUT2D eigenvalue weighted by molar-refractivity contribution is 0.0602. The van der Waals surface area contributed by atoms with Crippen LogP contribution in [0, 0.1) is 0 Å². The van der Waals surface area contributed by atoms with Gasteiger partial charge < -0.3 is 9.47 Å². The lowest BCUT2D eigenvalue weighted by Gasteiger charge is -2.36. The van der Waals surface area contributed by atoms with Gasteiger partial charge >= 0.3 is 0 Å². The SMILES string of the molecule is Cn1ccnc1-c1ccccc1C(=O)N1CCCC[C@@H]1CCc1ccccc1. The van der Waals surface area contributed by atoms with Crippen molar-refractivity contribution in [1.82, 2.24) is 14.5 Å². The van der Waals surface area contributed by atoms with Crippen LogP contribution in [0.15, 0.2) is 67.0 Å². The molecule has 1 aliphatic rings. The molecule has 4 heteroatoms. The molecule has 4 rings (SSSR count). The maximum Gasteiger partial charge on any atom is 0.254 e. The molecule has 28 heavy (non-hydrogen) atoms. The van der Waals surface area contributed by atoms with Gasteiger partial charge in [0.2, 0.25) is 0 Å². The molecule has 0 aliphatic carbocycles. The molecular weight excluding hydrogens is 346 g/mol. The average molecular weight is 374 g/mol. The number of aromatic nitrogens is 2. The molecule has 0 bridgehead atoms. The van der Waals surface area contributed by atoms with E-state index < -0.39 is 0 Å². The molecule has 1 atom stereocenters. The van der Waals surface area contributed by atoms with Gasteiger partial charge in [-0.3, -0.25) is 4.79 Å². The van der Waals surface area contributed by atoms with Gasteiger partial charge in [-0.15, -0.1) is 0 Å². The Labute approximate surface area is 166 Å². The van der Waals surface area contributed by atoms with E-state index in [0.29, 0.717) is 6.04 Å². The second kappa shape index (κ2) is 8.42. The summed E-state index contributed by atoms with van der Waals surface area (Å²) in [5.41, 5.74) is 3.00. The minimum Gasteiger partial charge on any atom is -0.336 e. The van der Waals surface area contributed by atoms with E-state index in [-0.39, 0.29) is 5.91 Å². The second-order valence-electron chi connectivity index (χ2n) is 7.58. The van der Waals surface area contributed by atoms with Crippen molar-refractivity contribution < 1.29 is 4.79 Å². The summed E-state index contributed by atoms with van der Waals surface area (Å²) >= 11 is 0. The third kappa shape index (κ3) is 3.86. The molecule has 4 nitrogen and oxygen atoms in total. The van der Waals surface area contributed by atoms with Crippen LogP contribution < -0.4 is 0 Å². The number of aryl methyl sites for hydroxylation is 2. The van der Waals surface area contributed by atoms with Crippen LogP contribution in [-0.2, 0) is 13.5 Å². The molecule has 0 saturated carbocycles. The lowest BCUT2D eigenvalue weighted by Crippen LogP contribution is -2.44. The van der Waals surface area contributed by atoms with Gasteiger partial charge in [0.05, 0.1) is 5.56 Å². The summed E-state index contributed by atoms with van der Waals surface area (Å²) in [6.07, 6.45) is 9.09. The fourth-order valence-corrected chi connectivity index (χ4v) is 4.19. The number of nitrogens with zero attached hydrogens (tertiary/aromatic N) is 3. The molecule has 144 valence electrons. The van der Waals surface area contributed by atoms with Crippen molar-refractivity contribution in [2.24, 2.45) is 7.05 Å². The van der Waals surface area contributed by atoms with Crippen LogP contribution in [0.25, 0.3) is 11.4 Å². The largest absolute Gasteiger partial charge is 0.336 e. The van der Waals surface area contributed by atoms with Crippen molar-refractivity contribution >= 4 is 5.91 Å². The zero-order chi connectivity index (χ0) is 19.3. The van der Waals surface area contributed by atoms with E-state index in [1.54, 1.807) is 6.20 Å². The zero-order valence-corrected chi connectivity index (χ0v) is 16.4. The van der Waals surface area contributed by atoms with E-state index >= 15 is 0 Å². The summed E-state index contributed by atoms with van der Waals surface area (Å²) in [5, 5.41) is 0. The molecular formula is C24H27N3O. The molecule has 1 aliphatic heterocycles. The Morgan fingerprint density at radius 2 is 1.86 bits per heavy atom. The average Bonchev–Trinajstić information content (AvgIpc) is 3.18. The number of likely N-dealkylation sites (tertiary alicyclic amines) is 1. The number of carbonyl (C=O) groups is 1. The molecule has 0 unspecified atom stereocenters. The highest BCUT2D eigenvalue weighted by molar-refractivity contribution is 6.00. The predicted octanol–water partition coefficient (Wildman–Crippen LogP) is 4.71. The first kappa shape index (κ1) is 18.5. The molecule has 1 aromatic heterocycles. The fourth-order valence-electron chi connectivity index (χ4n) is 4.19. The van der Waals surface area contributed by atoms with Crippen LogP contribution in [0.4, 0.5) is 0 Å². The molecule has 1 amide bonds. The van der Waals surface area contributed by atoms with Gasteiger partial charge in [-0.05, 0) is 43.7 Å². The van der Waals surface area contributed by atoms with E-state index in [0.717, 1.165) is 49.2 Å². The Kier molecular flexibility index (Phi) is 5.56. The smallest absolute Gasteiger partial charge is 0.254 e. The summed E-state index contributed by atoms with van der Waals surface area (Å²) < 4.78 is 1.97. The third-order valence-corrected chi connectivity index (χ3v) is 5.72. The van der Waals surface area contributed by atoms with Gasteiger partial charge in [0.25, 0.3) is 5.91 Å². The first-order valence-electron chi connectivity index (χ1n) is 10.2. The van der Waals surface area contributed by atoms with Crippen LogP contribution >= 0.6 is 0 Å². The standard InChI is InChI=1S/C24H27N3O/c1-26-18-16-25-23(26)21-12-5-6-13-22(21)24(28)27-17-8-7-11-20(27)15-14-19-9-3-2-4-10-19/h2-6,9-10,12-13,16,18,20H,7-8,11,14-15,17H2,1H3/t20-/m1/s1. The molecule has 3 aromatic rings. The quantitative estimate of drug-likeness (QED) is 0.649. The highest BCUT2D eigenvalue weighted by Crippen LogP contribution is 2.28. The summed E-state index contributed by atoms with van der Waals surface area (Å²) in [6.45, 7) is 0.840. The summed E-state index contributed by atoms with van der Waals surface area (Å²) in [7, 11) is 1.97. The Hall–Kier alpha value is -2.88. The van der Waals surface area contributed by atoms with Gasteiger partial charge in [-0.25, -0.2) is 4.98 Å². The molecule has 2 aromatic carbocycles. The number of imidazole rings is 1. The van der Waals surface area contributed by atoms with Crippen LogP contribution in [0.5, 0.6) is 0 Å². The zero-order valence-electron chi connectivity index (χ0n) is 16.4. The van der Waals surface area contributed by atoms with E-state index in [2.05, 4.69) is 40.2 Å². The summed E-state index contributed by atoms with van der Waals surface area (Å²) in [6, 6.07) is 18.7. The number of hydrogen-bond donors (Lipinski definition) is 0. The van der Waals surface area contributed by atoms with E-state index in [1.807, 2.05) is 42.1 Å². The maximum atomic E-state index is 13.5. The van der Waals surface area contributed by atoms with Crippen LogP contribution in [0.2, 0.25) is 0 Å². The topological polar surface area (TPSA) is 38.1 Å². The van der Waals surface area contributed by atoms with Crippen molar-refractivity contribution in [2.45, 2.75) is 38.1 Å². The van der Waals surface area contributed by atoms with Crippen molar-refractivity contribution in [3.63, 3.8) is 0 Å². The molecule has 1 saturated heterocycles. The fraction of sp³-hybridized carbons (Fsp3) is 0.333. The predicted molar refractivity (Wildman–Crippen MR) is 112 cm³/mol. The second-order valence-corrected chi connectivity index (χ2v) is 7.58. The van der Waals surface area contributed by atoms with Gasteiger partial charge in [0, 0.05) is 37.6 Å². The number of rotatable bonds is 5. The highest BCUT2D eigenvalue weighted by Gasteiger charge is 2.29. The molecule has 1 fully saturated rings. The van der Waals surface area contributed by atoms with Crippen LogP contribution in [-0.4, -0.2) is 32.9 Å². The lowest BCUT2D eigenvalue weighted by atomic mass is 9.94.